The minimum atomic E-state index is 0.509. The lowest BCUT2D eigenvalue weighted by Crippen LogP contribution is -2.48. The van der Waals surface area contributed by atoms with Gasteiger partial charge in [0.1, 0.15) is 0 Å². The zero-order chi connectivity index (χ0) is 13.8. The molecule has 0 aromatic heterocycles. The van der Waals surface area contributed by atoms with Crippen molar-refractivity contribution < 1.29 is 4.74 Å². The van der Waals surface area contributed by atoms with Crippen LogP contribution in [0.2, 0.25) is 0 Å². The van der Waals surface area contributed by atoms with E-state index in [1.165, 1.54) is 64.5 Å². The van der Waals surface area contributed by atoms with Gasteiger partial charge in [-0.2, -0.15) is 0 Å². The van der Waals surface area contributed by atoms with E-state index >= 15 is 0 Å². The highest BCUT2D eigenvalue weighted by molar-refractivity contribution is 4.93. The van der Waals surface area contributed by atoms with Crippen molar-refractivity contribution in [3.63, 3.8) is 0 Å². The van der Waals surface area contributed by atoms with E-state index in [0.29, 0.717) is 6.10 Å². The van der Waals surface area contributed by atoms with Crippen LogP contribution in [0.5, 0.6) is 0 Å². The monoisotopic (exact) mass is 280 g/mol. The Bertz CT molecular complexity index is 291. The third-order valence-corrected chi connectivity index (χ3v) is 5.83. The Morgan fingerprint density at radius 1 is 1.10 bits per heavy atom. The van der Waals surface area contributed by atoms with Gasteiger partial charge in [0.2, 0.25) is 0 Å². The lowest BCUT2D eigenvalue weighted by molar-refractivity contribution is 0.0858. The maximum absolute atomic E-state index is 5.82. The molecule has 0 aromatic carbocycles. The minimum absolute atomic E-state index is 0.509. The van der Waals surface area contributed by atoms with E-state index in [0.717, 1.165) is 30.5 Å². The minimum Gasteiger partial charge on any atom is -0.378 e. The molecule has 1 saturated carbocycles. The number of nitrogens with one attached hydrogen (secondary N) is 2. The van der Waals surface area contributed by atoms with Crippen molar-refractivity contribution in [1.29, 1.82) is 0 Å². The van der Waals surface area contributed by atoms with Crippen LogP contribution in [-0.2, 0) is 4.74 Å². The van der Waals surface area contributed by atoms with Gasteiger partial charge < -0.3 is 15.4 Å². The third kappa shape index (κ3) is 3.37. The Morgan fingerprint density at radius 3 is 2.85 bits per heavy atom. The molecule has 5 atom stereocenters. The molecule has 0 spiro atoms. The molecule has 5 unspecified atom stereocenters. The van der Waals surface area contributed by atoms with Gasteiger partial charge in [0.25, 0.3) is 0 Å². The summed E-state index contributed by atoms with van der Waals surface area (Å²) < 4.78 is 5.82. The fourth-order valence-corrected chi connectivity index (χ4v) is 4.65. The summed E-state index contributed by atoms with van der Waals surface area (Å²) in [5.74, 6) is 1.62. The zero-order valence-electron chi connectivity index (χ0n) is 13.1. The molecule has 2 aliphatic heterocycles. The fraction of sp³-hybridized carbons (Fsp3) is 1.00. The topological polar surface area (TPSA) is 33.3 Å². The number of hydrogen-bond acceptors (Lipinski definition) is 3. The standard InChI is InChI=1S/C17H32N2O/c1-2-17-13(9-11-20-17)12-19-16-8-5-6-14(16)15-7-3-4-10-18-15/h13-19H,2-12H2,1H3. The maximum Gasteiger partial charge on any atom is 0.0613 e. The van der Waals surface area contributed by atoms with E-state index in [1.807, 2.05) is 0 Å². The lowest BCUT2D eigenvalue weighted by Gasteiger charge is -2.33. The Labute approximate surface area is 124 Å². The van der Waals surface area contributed by atoms with E-state index in [-0.39, 0.29) is 0 Å². The summed E-state index contributed by atoms with van der Waals surface area (Å²) in [6.07, 6.45) is 11.4. The summed E-state index contributed by atoms with van der Waals surface area (Å²) in [4.78, 5) is 0. The van der Waals surface area contributed by atoms with Gasteiger partial charge in [-0.1, -0.05) is 19.8 Å². The summed E-state index contributed by atoms with van der Waals surface area (Å²) in [6, 6.07) is 1.54. The van der Waals surface area contributed by atoms with Crippen molar-refractivity contribution in [2.75, 3.05) is 19.7 Å². The van der Waals surface area contributed by atoms with Crippen molar-refractivity contribution in [2.45, 2.75) is 76.5 Å². The molecule has 2 heterocycles. The first kappa shape index (κ1) is 14.8. The largest absolute Gasteiger partial charge is 0.378 e. The Balaban J connectivity index is 1.48. The van der Waals surface area contributed by atoms with Crippen LogP contribution in [0.1, 0.15) is 58.3 Å². The van der Waals surface area contributed by atoms with E-state index < -0.39 is 0 Å². The van der Waals surface area contributed by atoms with Crippen LogP contribution < -0.4 is 10.6 Å². The quantitative estimate of drug-likeness (QED) is 0.812. The molecule has 3 rings (SSSR count). The van der Waals surface area contributed by atoms with E-state index in [1.54, 1.807) is 0 Å². The molecule has 3 fully saturated rings. The molecular weight excluding hydrogens is 248 g/mol. The lowest BCUT2D eigenvalue weighted by atomic mass is 9.88. The fourth-order valence-electron chi connectivity index (χ4n) is 4.65. The SMILES string of the molecule is CCC1OCCC1CNC1CCCC1C1CCCCN1. The van der Waals surface area contributed by atoms with E-state index in [4.69, 9.17) is 4.74 Å². The third-order valence-electron chi connectivity index (χ3n) is 5.83. The molecule has 2 N–H and O–H groups in total. The van der Waals surface area contributed by atoms with Crippen LogP contribution in [0.3, 0.4) is 0 Å². The van der Waals surface area contributed by atoms with E-state index in [9.17, 15) is 0 Å². The smallest absolute Gasteiger partial charge is 0.0613 e. The van der Waals surface area contributed by atoms with Gasteiger partial charge in [-0.25, -0.2) is 0 Å². The summed E-state index contributed by atoms with van der Waals surface area (Å²) in [7, 11) is 0. The first-order chi connectivity index (χ1) is 9.88. The highest BCUT2D eigenvalue weighted by Crippen LogP contribution is 2.32. The number of ether oxygens (including phenoxy) is 1. The van der Waals surface area contributed by atoms with Crippen LogP contribution in [0, 0.1) is 11.8 Å². The highest BCUT2D eigenvalue weighted by atomic mass is 16.5. The molecular formula is C17H32N2O. The molecule has 3 aliphatic rings. The first-order valence-corrected chi connectivity index (χ1v) is 8.97. The molecule has 0 amide bonds. The van der Waals surface area contributed by atoms with Gasteiger partial charge in [0, 0.05) is 25.2 Å². The normalized spacial score (nSPS) is 42.1. The predicted molar refractivity (Wildman–Crippen MR) is 82.9 cm³/mol. The second kappa shape index (κ2) is 7.24. The van der Waals surface area contributed by atoms with E-state index in [2.05, 4.69) is 17.6 Å². The molecule has 0 bridgehead atoms. The molecule has 1 aliphatic carbocycles. The summed E-state index contributed by atoms with van der Waals surface area (Å²) in [6.45, 7) is 5.64. The van der Waals surface area contributed by atoms with Gasteiger partial charge in [-0.05, 0) is 56.9 Å². The summed E-state index contributed by atoms with van der Waals surface area (Å²) in [5.41, 5.74) is 0. The van der Waals surface area contributed by atoms with Crippen LogP contribution in [-0.4, -0.2) is 37.9 Å². The second-order valence-electron chi connectivity index (χ2n) is 7.03. The van der Waals surface area contributed by atoms with Crippen LogP contribution in [0.4, 0.5) is 0 Å². The molecule has 2 saturated heterocycles. The van der Waals surface area contributed by atoms with Crippen molar-refractivity contribution in [1.82, 2.24) is 10.6 Å². The van der Waals surface area contributed by atoms with Crippen molar-refractivity contribution in [3.8, 4) is 0 Å². The van der Waals surface area contributed by atoms with Gasteiger partial charge >= 0.3 is 0 Å². The Hall–Kier alpha value is -0.120. The average molecular weight is 280 g/mol. The van der Waals surface area contributed by atoms with Crippen molar-refractivity contribution >= 4 is 0 Å². The molecule has 3 heteroatoms. The van der Waals surface area contributed by atoms with Gasteiger partial charge in [-0.3, -0.25) is 0 Å². The van der Waals surface area contributed by atoms with Crippen molar-refractivity contribution in [2.24, 2.45) is 11.8 Å². The predicted octanol–water partition coefficient (Wildman–Crippen LogP) is 2.70. The molecule has 116 valence electrons. The van der Waals surface area contributed by atoms with Gasteiger partial charge in [-0.15, -0.1) is 0 Å². The Kier molecular flexibility index (Phi) is 5.36. The van der Waals surface area contributed by atoms with Crippen LogP contribution in [0.15, 0.2) is 0 Å². The summed E-state index contributed by atoms with van der Waals surface area (Å²) in [5, 5.41) is 7.69. The number of piperidine rings is 1. The summed E-state index contributed by atoms with van der Waals surface area (Å²) >= 11 is 0. The maximum atomic E-state index is 5.82. The molecule has 0 aromatic rings. The number of rotatable bonds is 5. The zero-order valence-corrected chi connectivity index (χ0v) is 13.1. The first-order valence-electron chi connectivity index (χ1n) is 8.97. The number of hydrogen-bond donors (Lipinski definition) is 2. The molecule has 3 nitrogen and oxygen atoms in total. The van der Waals surface area contributed by atoms with Crippen molar-refractivity contribution in [3.05, 3.63) is 0 Å². The average Bonchev–Trinajstić information content (AvgIpc) is 3.14. The van der Waals surface area contributed by atoms with Crippen LogP contribution >= 0.6 is 0 Å². The highest BCUT2D eigenvalue weighted by Gasteiger charge is 2.35. The van der Waals surface area contributed by atoms with Gasteiger partial charge in [0.15, 0.2) is 0 Å². The molecule has 20 heavy (non-hydrogen) atoms. The van der Waals surface area contributed by atoms with Crippen LogP contribution in [0.25, 0.3) is 0 Å². The second-order valence-corrected chi connectivity index (χ2v) is 7.03. The Morgan fingerprint density at radius 2 is 2.05 bits per heavy atom. The van der Waals surface area contributed by atoms with Gasteiger partial charge in [0.05, 0.1) is 6.10 Å². The molecule has 0 radical (unpaired) electrons.